The van der Waals surface area contributed by atoms with E-state index in [0.29, 0.717) is 17.6 Å². The summed E-state index contributed by atoms with van der Waals surface area (Å²) < 4.78 is 19.4. The third-order valence-corrected chi connectivity index (χ3v) is 4.63. The van der Waals surface area contributed by atoms with Crippen LogP contribution in [0.4, 0.5) is 4.39 Å². The molecule has 0 fully saturated rings. The smallest absolute Gasteiger partial charge is 0.137 e. The van der Waals surface area contributed by atoms with Crippen molar-refractivity contribution in [2.45, 2.75) is 12.6 Å². The van der Waals surface area contributed by atoms with E-state index in [9.17, 15) is 9.50 Å². The van der Waals surface area contributed by atoms with Gasteiger partial charge in [0.05, 0.1) is 14.1 Å². The number of quaternary nitrogens is 1. The van der Waals surface area contributed by atoms with Crippen molar-refractivity contribution in [3.63, 3.8) is 0 Å². The number of hydrogen-bond acceptors (Lipinski definition) is 2. The van der Waals surface area contributed by atoms with Gasteiger partial charge >= 0.3 is 0 Å². The zero-order valence-electron chi connectivity index (χ0n) is 16.4. The minimum absolute atomic E-state index is 0.232. The summed E-state index contributed by atoms with van der Waals surface area (Å²) in [5.41, 5.74) is 3.33. The molecular formula is C24H27FNO2+. The minimum atomic E-state index is -0.593. The monoisotopic (exact) mass is 380 g/mol. The summed E-state index contributed by atoms with van der Waals surface area (Å²) in [6, 6.07) is 24.6. The van der Waals surface area contributed by atoms with E-state index in [1.54, 1.807) is 12.1 Å². The van der Waals surface area contributed by atoms with Crippen LogP contribution in [-0.4, -0.2) is 42.9 Å². The summed E-state index contributed by atoms with van der Waals surface area (Å²) in [6.45, 7) is 1.48. The van der Waals surface area contributed by atoms with Crippen molar-refractivity contribution in [1.82, 2.24) is 0 Å². The Hall–Kier alpha value is -2.69. The number of likely N-dealkylation sites (N-methyl/N-ethyl adjacent to an activating group) is 1. The van der Waals surface area contributed by atoms with Crippen LogP contribution in [0.2, 0.25) is 0 Å². The summed E-state index contributed by atoms with van der Waals surface area (Å²) >= 11 is 0. The molecule has 3 aromatic carbocycles. The summed E-state index contributed by atoms with van der Waals surface area (Å²) in [7, 11) is 4.09. The molecule has 3 nitrogen and oxygen atoms in total. The highest BCUT2D eigenvalue weighted by Crippen LogP contribution is 2.22. The van der Waals surface area contributed by atoms with Gasteiger partial charge in [0.15, 0.2) is 0 Å². The van der Waals surface area contributed by atoms with E-state index in [0.717, 1.165) is 22.4 Å². The maximum absolute atomic E-state index is 13.1. The Morgan fingerprint density at radius 3 is 2.11 bits per heavy atom. The summed E-state index contributed by atoms with van der Waals surface area (Å²) in [5, 5.41) is 10.4. The number of nitrogens with zero attached hydrogens (tertiary/aromatic N) is 1. The molecule has 3 rings (SSSR count). The van der Waals surface area contributed by atoms with Gasteiger partial charge in [-0.25, -0.2) is 4.39 Å². The van der Waals surface area contributed by atoms with Gasteiger partial charge in [-0.15, -0.1) is 0 Å². The molecule has 0 spiro atoms. The second-order valence-electron chi connectivity index (χ2n) is 7.76. The second-order valence-corrected chi connectivity index (χ2v) is 7.76. The highest BCUT2D eigenvalue weighted by molar-refractivity contribution is 5.63. The van der Waals surface area contributed by atoms with Gasteiger partial charge in [-0.2, -0.15) is 0 Å². The van der Waals surface area contributed by atoms with Crippen LogP contribution in [0.15, 0.2) is 78.9 Å². The van der Waals surface area contributed by atoms with E-state index in [-0.39, 0.29) is 12.4 Å². The fourth-order valence-corrected chi connectivity index (χ4v) is 3.34. The molecule has 3 aromatic rings. The Labute approximate surface area is 166 Å². The minimum Gasteiger partial charge on any atom is -0.491 e. The van der Waals surface area contributed by atoms with Gasteiger partial charge in [0, 0.05) is 5.56 Å². The molecule has 28 heavy (non-hydrogen) atoms. The highest BCUT2D eigenvalue weighted by atomic mass is 19.1. The number of halogens is 1. The fraction of sp³-hybridized carbons (Fsp3) is 0.250. The van der Waals surface area contributed by atoms with Crippen LogP contribution in [-0.2, 0) is 6.54 Å². The highest BCUT2D eigenvalue weighted by Gasteiger charge is 2.21. The van der Waals surface area contributed by atoms with Gasteiger partial charge in [0.2, 0.25) is 0 Å². The van der Waals surface area contributed by atoms with Gasteiger partial charge in [-0.05, 0) is 35.4 Å². The van der Waals surface area contributed by atoms with Crippen molar-refractivity contribution in [3.8, 4) is 16.9 Å². The van der Waals surface area contributed by atoms with Gasteiger partial charge < -0.3 is 14.3 Å². The SMILES string of the molecule is C[N+](C)(Cc1ccc(F)cc1)CC(O)COc1ccc(-c2ccccc2)cc1. The maximum Gasteiger partial charge on any atom is 0.137 e. The number of aliphatic hydroxyl groups is 1. The summed E-state index contributed by atoms with van der Waals surface area (Å²) in [5.74, 6) is 0.503. The van der Waals surface area contributed by atoms with Crippen molar-refractivity contribution in [3.05, 3.63) is 90.2 Å². The average Bonchev–Trinajstić information content (AvgIpc) is 2.69. The number of hydrogen-bond donors (Lipinski definition) is 1. The number of benzene rings is 3. The molecule has 0 aliphatic carbocycles. The van der Waals surface area contributed by atoms with E-state index in [4.69, 9.17) is 4.74 Å². The Morgan fingerprint density at radius 1 is 0.857 bits per heavy atom. The van der Waals surface area contributed by atoms with Gasteiger partial charge in [0.25, 0.3) is 0 Å². The predicted molar refractivity (Wildman–Crippen MR) is 110 cm³/mol. The van der Waals surface area contributed by atoms with Crippen molar-refractivity contribution >= 4 is 0 Å². The van der Waals surface area contributed by atoms with Crippen molar-refractivity contribution in [2.24, 2.45) is 0 Å². The quantitative estimate of drug-likeness (QED) is 0.583. The van der Waals surface area contributed by atoms with Crippen LogP contribution in [0.1, 0.15) is 5.56 Å². The Bertz CT molecular complexity index is 861. The molecule has 0 bridgehead atoms. The molecule has 0 saturated carbocycles. The van der Waals surface area contributed by atoms with Crippen LogP contribution in [0.25, 0.3) is 11.1 Å². The normalized spacial score (nSPS) is 12.6. The largest absolute Gasteiger partial charge is 0.491 e. The zero-order chi connectivity index (χ0) is 20.0. The van der Waals surface area contributed by atoms with E-state index in [1.165, 1.54) is 12.1 Å². The molecule has 0 aliphatic heterocycles. The van der Waals surface area contributed by atoms with Crippen LogP contribution in [0.5, 0.6) is 5.75 Å². The van der Waals surface area contributed by atoms with Crippen LogP contribution < -0.4 is 4.74 Å². The number of rotatable bonds is 8. The average molecular weight is 380 g/mol. The molecule has 146 valence electrons. The lowest BCUT2D eigenvalue weighted by Gasteiger charge is -2.32. The third-order valence-electron chi connectivity index (χ3n) is 4.63. The first-order chi connectivity index (χ1) is 13.4. The molecule has 0 aliphatic rings. The van der Waals surface area contributed by atoms with Gasteiger partial charge in [0.1, 0.15) is 37.4 Å². The predicted octanol–water partition coefficient (Wildman–Crippen LogP) is 4.51. The lowest BCUT2D eigenvalue weighted by molar-refractivity contribution is -0.906. The third kappa shape index (κ3) is 5.91. The zero-order valence-corrected chi connectivity index (χ0v) is 16.4. The Balaban J connectivity index is 1.50. The molecule has 0 heterocycles. The lowest BCUT2D eigenvalue weighted by Crippen LogP contribution is -2.46. The second kappa shape index (κ2) is 9.00. The first kappa shape index (κ1) is 20.1. The van der Waals surface area contributed by atoms with Crippen molar-refractivity contribution in [1.29, 1.82) is 0 Å². The van der Waals surface area contributed by atoms with Gasteiger partial charge in [-0.3, -0.25) is 0 Å². The first-order valence-corrected chi connectivity index (χ1v) is 9.44. The first-order valence-electron chi connectivity index (χ1n) is 9.44. The lowest BCUT2D eigenvalue weighted by atomic mass is 10.1. The topological polar surface area (TPSA) is 29.5 Å². The molecule has 0 aromatic heterocycles. The number of ether oxygens (including phenoxy) is 1. The van der Waals surface area contributed by atoms with E-state index >= 15 is 0 Å². The van der Waals surface area contributed by atoms with Gasteiger partial charge in [-0.1, -0.05) is 54.6 Å². The standard InChI is InChI=1S/C24H27FNO2/c1-26(2,16-19-8-12-22(25)13-9-19)17-23(27)18-28-24-14-10-21(11-15-24)20-6-4-3-5-7-20/h3-15,23,27H,16-18H2,1-2H3/q+1. The van der Waals surface area contributed by atoms with Crippen molar-refractivity contribution < 1.29 is 18.7 Å². The Morgan fingerprint density at radius 2 is 1.46 bits per heavy atom. The molecule has 1 atom stereocenters. The molecule has 0 radical (unpaired) electrons. The number of aliphatic hydroxyl groups excluding tert-OH is 1. The molecule has 1 unspecified atom stereocenters. The fourth-order valence-electron chi connectivity index (χ4n) is 3.34. The van der Waals surface area contributed by atoms with E-state index < -0.39 is 6.10 Å². The summed E-state index contributed by atoms with van der Waals surface area (Å²) in [6.07, 6.45) is -0.593. The van der Waals surface area contributed by atoms with E-state index in [2.05, 4.69) is 12.1 Å². The summed E-state index contributed by atoms with van der Waals surface area (Å²) in [4.78, 5) is 0. The molecule has 1 N–H and O–H groups in total. The van der Waals surface area contributed by atoms with Crippen LogP contribution >= 0.6 is 0 Å². The maximum atomic E-state index is 13.1. The molecule has 0 amide bonds. The van der Waals surface area contributed by atoms with Crippen LogP contribution in [0, 0.1) is 5.82 Å². The van der Waals surface area contributed by atoms with Crippen LogP contribution in [0.3, 0.4) is 0 Å². The van der Waals surface area contributed by atoms with E-state index in [1.807, 2.05) is 56.6 Å². The van der Waals surface area contributed by atoms with Crippen molar-refractivity contribution in [2.75, 3.05) is 27.2 Å². The molecule has 4 heteroatoms. The molecule has 0 saturated heterocycles. The Kier molecular flexibility index (Phi) is 6.45. The molecular weight excluding hydrogens is 353 g/mol.